The van der Waals surface area contributed by atoms with E-state index in [1.165, 1.54) is 0 Å². The molecule has 1 atom stereocenters. The van der Waals surface area contributed by atoms with Crippen molar-refractivity contribution in [1.29, 1.82) is 0 Å². The number of anilines is 3. The second-order valence-electron chi connectivity index (χ2n) is 11.3. The van der Waals surface area contributed by atoms with Gasteiger partial charge in [-0.05, 0) is 73.5 Å². The Balaban J connectivity index is 1.28. The van der Waals surface area contributed by atoms with E-state index < -0.39 is 24.2 Å². The van der Waals surface area contributed by atoms with Gasteiger partial charge in [0.15, 0.2) is 5.82 Å². The van der Waals surface area contributed by atoms with Gasteiger partial charge in [-0.2, -0.15) is 5.10 Å². The van der Waals surface area contributed by atoms with Gasteiger partial charge in [0, 0.05) is 74.2 Å². The van der Waals surface area contributed by atoms with E-state index in [2.05, 4.69) is 37.7 Å². The zero-order valence-corrected chi connectivity index (χ0v) is 24.0. The highest BCUT2D eigenvalue weighted by molar-refractivity contribution is 6.11. The minimum absolute atomic E-state index is 0.183. The fourth-order valence-corrected chi connectivity index (χ4v) is 5.84. The second-order valence-corrected chi connectivity index (χ2v) is 11.3. The van der Waals surface area contributed by atoms with Crippen LogP contribution in [0.25, 0.3) is 10.9 Å². The van der Waals surface area contributed by atoms with Gasteiger partial charge in [0.25, 0.3) is 5.91 Å². The van der Waals surface area contributed by atoms with Gasteiger partial charge in [0.05, 0.1) is 11.1 Å². The maximum atomic E-state index is 14.2. The maximum absolute atomic E-state index is 14.2. The molecule has 3 heterocycles. The fourth-order valence-electron chi connectivity index (χ4n) is 5.84. The molecule has 2 fully saturated rings. The molecule has 0 bridgehead atoms. The van der Waals surface area contributed by atoms with E-state index in [0.29, 0.717) is 35.2 Å². The summed E-state index contributed by atoms with van der Waals surface area (Å²) in [5, 5.41) is 14.3. The van der Waals surface area contributed by atoms with Gasteiger partial charge >= 0.3 is 0 Å². The number of hydrogen-bond donors (Lipinski definition) is 3. The monoisotopic (exact) mass is 592 g/mol. The molecule has 11 heteroatoms. The molecule has 3 aromatic carbocycles. The third-order valence-electron chi connectivity index (χ3n) is 8.36. The SMILES string of the molecule is CN1CCN(c2ccc(C(=O)Nc3n[nH]c4ccc(C(CF)c5cc(F)cc(F)c5)cc34)c(NC3CCOCC3)c2)CC1. The van der Waals surface area contributed by atoms with Crippen LogP contribution in [0.5, 0.6) is 0 Å². The molecule has 226 valence electrons. The largest absolute Gasteiger partial charge is 0.381 e. The summed E-state index contributed by atoms with van der Waals surface area (Å²) in [6, 6.07) is 14.2. The molecule has 4 aromatic rings. The van der Waals surface area contributed by atoms with E-state index >= 15 is 0 Å². The number of aromatic amines is 1. The number of alkyl halides is 1. The van der Waals surface area contributed by atoms with Crippen LogP contribution in [-0.4, -0.2) is 80.2 Å². The molecule has 3 N–H and O–H groups in total. The van der Waals surface area contributed by atoms with Crippen molar-refractivity contribution in [3.05, 3.63) is 82.9 Å². The summed E-state index contributed by atoms with van der Waals surface area (Å²) < 4.78 is 47.5. The molecular weight excluding hydrogens is 557 g/mol. The van der Waals surface area contributed by atoms with E-state index in [1.54, 1.807) is 18.2 Å². The molecule has 1 unspecified atom stereocenters. The van der Waals surface area contributed by atoms with Crippen LogP contribution in [0.1, 0.15) is 40.2 Å². The first-order valence-corrected chi connectivity index (χ1v) is 14.6. The Kier molecular flexibility index (Phi) is 8.53. The van der Waals surface area contributed by atoms with Gasteiger partial charge in [-0.1, -0.05) is 6.07 Å². The molecule has 1 aromatic heterocycles. The van der Waals surface area contributed by atoms with Crippen molar-refractivity contribution in [1.82, 2.24) is 15.1 Å². The summed E-state index contributed by atoms with van der Waals surface area (Å²) >= 11 is 0. The van der Waals surface area contributed by atoms with E-state index in [-0.39, 0.29) is 23.3 Å². The Bertz CT molecular complexity index is 1580. The number of aromatic nitrogens is 2. The van der Waals surface area contributed by atoms with Gasteiger partial charge in [0.1, 0.15) is 18.3 Å². The highest BCUT2D eigenvalue weighted by Gasteiger charge is 2.23. The molecule has 6 rings (SSSR count). The number of fused-ring (bicyclic) bond motifs is 1. The van der Waals surface area contributed by atoms with Crippen LogP contribution in [0.3, 0.4) is 0 Å². The van der Waals surface area contributed by atoms with Crippen molar-refractivity contribution < 1.29 is 22.7 Å². The van der Waals surface area contributed by atoms with E-state index in [9.17, 15) is 18.0 Å². The number of carbonyl (C=O) groups is 1. The molecule has 0 saturated carbocycles. The van der Waals surface area contributed by atoms with Crippen LogP contribution in [-0.2, 0) is 4.74 Å². The van der Waals surface area contributed by atoms with Crippen LogP contribution < -0.4 is 15.5 Å². The second kappa shape index (κ2) is 12.6. The Labute approximate surface area is 248 Å². The molecule has 0 aliphatic carbocycles. The summed E-state index contributed by atoms with van der Waals surface area (Å²) in [4.78, 5) is 18.3. The lowest BCUT2D eigenvalue weighted by molar-refractivity contribution is 0.0904. The van der Waals surface area contributed by atoms with E-state index in [4.69, 9.17) is 4.74 Å². The summed E-state index contributed by atoms with van der Waals surface area (Å²) in [5.41, 5.74) is 3.61. The van der Waals surface area contributed by atoms with Crippen molar-refractivity contribution in [2.45, 2.75) is 24.8 Å². The number of rotatable bonds is 8. The van der Waals surface area contributed by atoms with E-state index in [0.717, 1.165) is 68.6 Å². The molecule has 1 amide bonds. The highest BCUT2D eigenvalue weighted by Crippen LogP contribution is 2.32. The predicted octanol–water partition coefficient (Wildman–Crippen LogP) is 5.54. The topological polar surface area (TPSA) is 85.5 Å². The van der Waals surface area contributed by atoms with Crippen molar-refractivity contribution in [3.8, 4) is 0 Å². The Morgan fingerprint density at radius 3 is 2.47 bits per heavy atom. The first kappa shape index (κ1) is 29.0. The van der Waals surface area contributed by atoms with Gasteiger partial charge in [-0.3, -0.25) is 14.3 Å². The number of amides is 1. The lowest BCUT2D eigenvalue weighted by atomic mass is 9.91. The van der Waals surface area contributed by atoms with Crippen molar-refractivity contribution in [2.24, 2.45) is 0 Å². The highest BCUT2D eigenvalue weighted by atomic mass is 19.1. The minimum Gasteiger partial charge on any atom is -0.381 e. The number of halogens is 3. The van der Waals surface area contributed by atoms with Gasteiger partial charge in [-0.25, -0.2) is 8.78 Å². The normalized spacial score (nSPS) is 17.3. The number of benzene rings is 3. The molecule has 0 radical (unpaired) electrons. The number of H-pyrrole nitrogens is 1. The van der Waals surface area contributed by atoms with Crippen LogP contribution in [0, 0.1) is 11.6 Å². The lowest BCUT2D eigenvalue weighted by Crippen LogP contribution is -2.44. The zero-order chi connectivity index (χ0) is 29.9. The quantitative estimate of drug-likeness (QED) is 0.249. The van der Waals surface area contributed by atoms with Crippen LogP contribution in [0.15, 0.2) is 54.6 Å². The smallest absolute Gasteiger partial charge is 0.258 e. The lowest BCUT2D eigenvalue weighted by Gasteiger charge is -2.34. The Morgan fingerprint density at radius 1 is 1.00 bits per heavy atom. The number of piperazine rings is 1. The van der Waals surface area contributed by atoms with Crippen molar-refractivity contribution in [3.63, 3.8) is 0 Å². The number of likely N-dealkylation sites (N-methyl/N-ethyl adjacent to an activating group) is 1. The van der Waals surface area contributed by atoms with E-state index in [1.807, 2.05) is 18.2 Å². The fraction of sp³-hybridized carbons (Fsp3) is 0.375. The summed E-state index contributed by atoms with van der Waals surface area (Å²) in [6.07, 6.45) is 1.69. The molecular formula is C32H35F3N6O2. The summed E-state index contributed by atoms with van der Waals surface area (Å²) in [7, 11) is 2.11. The minimum atomic E-state index is -0.884. The standard InChI is InChI=1S/C32H35F3N6O2/c1-40-8-10-41(11-9-40)25-3-4-26(30(18-25)36-24-6-12-43-13-7-24)32(42)37-31-27-16-20(2-5-29(27)38-39-31)28(19-33)21-14-22(34)17-23(35)15-21/h2-5,14-18,24,28,36H,6-13,19H2,1H3,(H2,37,38,39,42). The van der Waals surface area contributed by atoms with Crippen LogP contribution in [0.2, 0.25) is 0 Å². The van der Waals surface area contributed by atoms with Crippen molar-refractivity contribution >= 4 is 34.0 Å². The third kappa shape index (κ3) is 6.47. The number of ether oxygens (including phenoxy) is 1. The first-order valence-electron chi connectivity index (χ1n) is 14.6. The van der Waals surface area contributed by atoms with Gasteiger partial charge in [-0.15, -0.1) is 0 Å². The zero-order valence-electron chi connectivity index (χ0n) is 24.0. The average molecular weight is 593 g/mol. The predicted molar refractivity (Wildman–Crippen MR) is 162 cm³/mol. The Hall–Kier alpha value is -4.09. The molecule has 2 aliphatic rings. The number of hydrogen-bond acceptors (Lipinski definition) is 6. The molecule has 43 heavy (non-hydrogen) atoms. The molecule has 0 spiro atoms. The first-order chi connectivity index (χ1) is 20.9. The average Bonchev–Trinajstić information content (AvgIpc) is 3.40. The molecule has 8 nitrogen and oxygen atoms in total. The summed E-state index contributed by atoms with van der Waals surface area (Å²) in [6.45, 7) is 4.23. The molecule has 2 aliphatic heterocycles. The van der Waals surface area contributed by atoms with Gasteiger partial charge in [0.2, 0.25) is 0 Å². The number of carbonyl (C=O) groups excluding carboxylic acids is 1. The molecule has 2 saturated heterocycles. The van der Waals surface area contributed by atoms with Crippen LogP contribution in [0.4, 0.5) is 30.4 Å². The van der Waals surface area contributed by atoms with Crippen LogP contribution >= 0.6 is 0 Å². The Morgan fingerprint density at radius 2 is 1.74 bits per heavy atom. The van der Waals surface area contributed by atoms with Crippen molar-refractivity contribution in [2.75, 3.05) is 68.6 Å². The summed E-state index contributed by atoms with van der Waals surface area (Å²) in [5.74, 6) is -2.48. The van der Waals surface area contributed by atoms with Gasteiger partial charge < -0.3 is 25.2 Å². The number of nitrogens with zero attached hydrogens (tertiary/aromatic N) is 3. The number of nitrogens with one attached hydrogen (secondary N) is 3. The maximum Gasteiger partial charge on any atom is 0.258 e. The third-order valence-corrected chi connectivity index (χ3v) is 8.36.